The minimum atomic E-state index is -0.893. The molecule has 0 bridgehead atoms. The molecule has 0 unspecified atom stereocenters. The molecule has 1 aliphatic heterocycles. The van der Waals surface area contributed by atoms with E-state index in [1.165, 1.54) is 7.11 Å². The van der Waals surface area contributed by atoms with Gasteiger partial charge in [0, 0.05) is 5.56 Å². The van der Waals surface area contributed by atoms with Crippen LogP contribution in [0, 0.1) is 0 Å². The van der Waals surface area contributed by atoms with Crippen molar-refractivity contribution in [3.05, 3.63) is 65.7 Å². The number of rotatable bonds is 6. The molecule has 1 saturated heterocycles. The number of methoxy groups -OCH3 is 1. The Kier molecular flexibility index (Phi) is 5.53. The Labute approximate surface area is 152 Å². The van der Waals surface area contributed by atoms with E-state index in [9.17, 15) is 14.7 Å². The normalized spacial score (nSPS) is 17.7. The number of carbonyl (C=O) groups excluding carboxylic acids is 2. The number of aliphatic hydroxyl groups excluding tert-OH is 1. The highest BCUT2D eigenvalue weighted by Crippen LogP contribution is 2.30. The maximum Gasteiger partial charge on any atom is 0.417 e. The molecule has 0 aliphatic carbocycles. The van der Waals surface area contributed by atoms with Crippen LogP contribution in [0.3, 0.4) is 0 Å². The number of hydrogen-bond donors (Lipinski definition) is 1. The van der Waals surface area contributed by atoms with Crippen molar-refractivity contribution in [3.63, 3.8) is 0 Å². The van der Waals surface area contributed by atoms with E-state index >= 15 is 0 Å². The molecule has 1 fully saturated rings. The molecule has 2 amide bonds. The van der Waals surface area contributed by atoms with Gasteiger partial charge in [0.1, 0.15) is 12.4 Å². The van der Waals surface area contributed by atoms with E-state index in [0.717, 1.165) is 10.5 Å². The Hall–Kier alpha value is -2.86. The number of benzene rings is 2. The topological polar surface area (TPSA) is 76.1 Å². The molecule has 1 aliphatic rings. The van der Waals surface area contributed by atoms with Gasteiger partial charge in [-0.15, -0.1) is 0 Å². The van der Waals surface area contributed by atoms with Crippen LogP contribution in [0.4, 0.5) is 4.79 Å². The van der Waals surface area contributed by atoms with E-state index in [2.05, 4.69) is 0 Å². The Morgan fingerprint density at radius 3 is 2.62 bits per heavy atom. The summed E-state index contributed by atoms with van der Waals surface area (Å²) in [5.41, 5.74) is 1.55. The summed E-state index contributed by atoms with van der Waals surface area (Å²) in [5, 5.41) is 9.84. The van der Waals surface area contributed by atoms with E-state index in [4.69, 9.17) is 9.47 Å². The number of hydrogen-bond acceptors (Lipinski definition) is 5. The van der Waals surface area contributed by atoms with Gasteiger partial charge in [-0.05, 0) is 18.1 Å². The van der Waals surface area contributed by atoms with Gasteiger partial charge in [0.05, 0.1) is 25.7 Å². The predicted molar refractivity (Wildman–Crippen MR) is 94.9 cm³/mol. The average Bonchev–Trinajstić information content (AvgIpc) is 3.03. The first-order valence-electron chi connectivity index (χ1n) is 8.43. The fraction of sp³-hybridized carbons (Fsp3) is 0.300. The molecule has 1 heterocycles. The highest BCUT2D eigenvalue weighted by atomic mass is 16.6. The summed E-state index contributed by atoms with van der Waals surface area (Å²) in [7, 11) is 1.50. The van der Waals surface area contributed by atoms with Crippen LogP contribution in [0.5, 0.6) is 5.75 Å². The van der Waals surface area contributed by atoms with Crippen LogP contribution in [0.25, 0.3) is 0 Å². The lowest BCUT2D eigenvalue weighted by atomic mass is 9.96. The molecule has 0 aromatic heterocycles. The zero-order valence-electron chi connectivity index (χ0n) is 14.5. The Morgan fingerprint density at radius 1 is 1.23 bits per heavy atom. The van der Waals surface area contributed by atoms with E-state index < -0.39 is 30.6 Å². The summed E-state index contributed by atoms with van der Waals surface area (Å²) < 4.78 is 10.4. The number of nitrogens with zero attached hydrogens (tertiary/aromatic N) is 1. The lowest BCUT2D eigenvalue weighted by Gasteiger charge is -2.25. The zero-order valence-corrected chi connectivity index (χ0v) is 14.5. The van der Waals surface area contributed by atoms with Crippen LogP contribution in [0.1, 0.15) is 17.0 Å². The zero-order chi connectivity index (χ0) is 18.5. The smallest absolute Gasteiger partial charge is 0.417 e. The molecule has 2 aromatic rings. The number of ether oxygens (including phenoxy) is 2. The van der Waals surface area contributed by atoms with E-state index in [0.29, 0.717) is 17.7 Å². The first-order valence-corrected chi connectivity index (χ1v) is 8.43. The summed E-state index contributed by atoms with van der Waals surface area (Å²) in [4.78, 5) is 26.4. The van der Waals surface area contributed by atoms with Crippen LogP contribution in [0.15, 0.2) is 54.6 Å². The Morgan fingerprint density at radius 2 is 1.92 bits per heavy atom. The maximum absolute atomic E-state index is 13.1. The third-order valence-corrected chi connectivity index (χ3v) is 4.51. The van der Waals surface area contributed by atoms with Gasteiger partial charge >= 0.3 is 6.09 Å². The van der Waals surface area contributed by atoms with Crippen molar-refractivity contribution in [2.75, 3.05) is 20.3 Å². The van der Waals surface area contributed by atoms with E-state index in [-0.39, 0.29) is 6.61 Å². The van der Waals surface area contributed by atoms with Gasteiger partial charge < -0.3 is 14.6 Å². The second kappa shape index (κ2) is 8.01. The monoisotopic (exact) mass is 355 g/mol. The van der Waals surface area contributed by atoms with Crippen LogP contribution in [-0.2, 0) is 16.0 Å². The predicted octanol–water partition coefficient (Wildman–Crippen LogP) is 2.36. The number of para-hydroxylation sites is 1. The Balaban J connectivity index is 1.86. The van der Waals surface area contributed by atoms with Crippen molar-refractivity contribution in [2.45, 2.75) is 18.4 Å². The summed E-state index contributed by atoms with van der Waals surface area (Å²) >= 11 is 0. The third kappa shape index (κ3) is 3.55. The summed E-state index contributed by atoms with van der Waals surface area (Å²) in [6.45, 7) is -0.287. The molecule has 136 valence electrons. The Bertz CT molecular complexity index is 777. The van der Waals surface area contributed by atoms with Gasteiger partial charge in [-0.1, -0.05) is 48.5 Å². The largest absolute Gasteiger partial charge is 0.496 e. The SMILES string of the molecule is COc1ccccc1[C@@H](CO)C(=O)N1C(=O)OC[C@H]1Cc1ccccc1. The molecule has 2 aromatic carbocycles. The molecular formula is C20H21NO5. The van der Waals surface area contributed by atoms with Gasteiger partial charge in [0.25, 0.3) is 0 Å². The molecule has 26 heavy (non-hydrogen) atoms. The molecule has 6 heteroatoms. The molecule has 2 atom stereocenters. The van der Waals surface area contributed by atoms with E-state index in [1.807, 2.05) is 30.3 Å². The third-order valence-electron chi connectivity index (χ3n) is 4.51. The molecule has 6 nitrogen and oxygen atoms in total. The lowest BCUT2D eigenvalue weighted by molar-refractivity contribution is -0.131. The van der Waals surface area contributed by atoms with Gasteiger partial charge in [-0.2, -0.15) is 0 Å². The molecule has 1 N–H and O–H groups in total. The van der Waals surface area contributed by atoms with Crippen molar-refractivity contribution in [1.29, 1.82) is 0 Å². The quantitative estimate of drug-likeness (QED) is 0.861. The maximum atomic E-state index is 13.1. The highest BCUT2D eigenvalue weighted by molar-refractivity contribution is 5.97. The average molecular weight is 355 g/mol. The number of amides is 2. The number of cyclic esters (lactones) is 1. The van der Waals surface area contributed by atoms with Crippen molar-refractivity contribution in [3.8, 4) is 5.75 Å². The second-order valence-corrected chi connectivity index (χ2v) is 6.11. The van der Waals surface area contributed by atoms with Crippen LogP contribution < -0.4 is 4.74 Å². The van der Waals surface area contributed by atoms with Crippen molar-refractivity contribution < 1.29 is 24.2 Å². The molecule has 0 radical (unpaired) electrons. The lowest BCUT2D eigenvalue weighted by Crippen LogP contribution is -2.43. The molecular weight excluding hydrogens is 334 g/mol. The summed E-state index contributed by atoms with van der Waals surface area (Å²) in [5.74, 6) is -0.887. The fourth-order valence-corrected chi connectivity index (χ4v) is 3.20. The van der Waals surface area contributed by atoms with Gasteiger partial charge in [-0.25, -0.2) is 9.69 Å². The van der Waals surface area contributed by atoms with E-state index in [1.54, 1.807) is 24.3 Å². The second-order valence-electron chi connectivity index (χ2n) is 6.11. The molecule has 0 spiro atoms. The molecule has 0 saturated carbocycles. The van der Waals surface area contributed by atoms with Gasteiger partial charge in [0.2, 0.25) is 5.91 Å². The number of imide groups is 1. The van der Waals surface area contributed by atoms with Crippen molar-refractivity contribution >= 4 is 12.0 Å². The van der Waals surface area contributed by atoms with Crippen molar-refractivity contribution in [2.24, 2.45) is 0 Å². The first kappa shape index (κ1) is 17.9. The van der Waals surface area contributed by atoms with Gasteiger partial charge in [-0.3, -0.25) is 4.79 Å². The minimum Gasteiger partial charge on any atom is -0.496 e. The number of carbonyl (C=O) groups is 2. The van der Waals surface area contributed by atoms with Crippen LogP contribution in [0.2, 0.25) is 0 Å². The van der Waals surface area contributed by atoms with Gasteiger partial charge in [0.15, 0.2) is 0 Å². The van der Waals surface area contributed by atoms with Crippen LogP contribution in [-0.4, -0.2) is 48.4 Å². The molecule has 3 rings (SSSR count). The summed E-state index contributed by atoms with van der Waals surface area (Å²) in [6, 6.07) is 16.2. The highest BCUT2D eigenvalue weighted by Gasteiger charge is 2.41. The number of aliphatic hydroxyl groups is 1. The standard InChI is InChI=1S/C20H21NO5/c1-25-18-10-6-5-9-16(18)17(12-22)19(23)21-15(13-26-20(21)24)11-14-7-3-2-4-8-14/h2-10,15,17,22H,11-13H2,1H3/t15-,17-/m1/s1. The van der Waals surface area contributed by atoms with Crippen molar-refractivity contribution in [1.82, 2.24) is 4.90 Å². The van der Waals surface area contributed by atoms with Crippen LogP contribution >= 0.6 is 0 Å². The fourth-order valence-electron chi connectivity index (χ4n) is 3.20. The first-order chi connectivity index (χ1) is 12.7. The minimum absolute atomic E-state index is 0.142. The summed E-state index contributed by atoms with van der Waals surface area (Å²) in [6.07, 6.45) is -0.174.